The number of ether oxygens (including phenoxy) is 1. The van der Waals surface area contributed by atoms with E-state index >= 15 is 0 Å². The molecule has 0 atom stereocenters. The Labute approximate surface area is 211 Å². The van der Waals surface area contributed by atoms with Crippen LogP contribution in [0.1, 0.15) is 51.4 Å². The van der Waals surface area contributed by atoms with Gasteiger partial charge in [-0.15, -0.1) is 0 Å². The Bertz CT molecular complexity index is 1330. The highest BCUT2D eigenvalue weighted by atomic mass is 32.2. The maximum absolute atomic E-state index is 13.3. The second-order valence-electron chi connectivity index (χ2n) is 9.93. The maximum atomic E-state index is 13.3. The van der Waals surface area contributed by atoms with Crippen molar-refractivity contribution in [2.45, 2.75) is 63.3 Å². The Balaban J connectivity index is 1.66. The van der Waals surface area contributed by atoms with Gasteiger partial charge in [-0.2, -0.15) is 17.6 Å². The predicted molar refractivity (Wildman–Crippen MR) is 134 cm³/mol. The van der Waals surface area contributed by atoms with Crippen molar-refractivity contribution in [3.63, 3.8) is 0 Å². The molecule has 3 heterocycles. The van der Waals surface area contributed by atoms with Crippen LogP contribution in [0.5, 0.6) is 0 Å². The molecule has 0 aliphatic carbocycles. The van der Waals surface area contributed by atoms with E-state index in [0.29, 0.717) is 17.0 Å². The molecule has 1 aromatic carbocycles. The minimum Gasteiger partial charge on any atom is -0.381 e. The lowest BCUT2D eigenvalue weighted by molar-refractivity contribution is -0.120. The number of amides is 1. The first-order chi connectivity index (χ1) is 17.2. The van der Waals surface area contributed by atoms with Crippen LogP contribution < -0.4 is 5.32 Å². The molecule has 1 aliphatic rings. The number of nitrogens with zero attached hydrogens (tertiary/aromatic N) is 4. The molecule has 0 unspecified atom stereocenters. The molecule has 1 fully saturated rings. The summed E-state index contributed by atoms with van der Waals surface area (Å²) in [5.41, 5.74) is 1.77. The minimum atomic E-state index is -3.99. The number of nitrogens with one attached hydrogen (secondary N) is 1. The van der Waals surface area contributed by atoms with E-state index < -0.39 is 22.6 Å². The number of halogens is 1. The lowest BCUT2D eigenvalue weighted by Crippen LogP contribution is -2.26. The molecule has 11 heteroatoms. The number of benzene rings is 1. The molecule has 1 saturated heterocycles. The van der Waals surface area contributed by atoms with Gasteiger partial charge in [-0.3, -0.25) is 4.79 Å². The van der Waals surface area contributed by atoms with Gasteiger partial charge in [0, 0.05) is 43.5 Å². The summed E-state index contributed by atoms with van der Waals surface area (Å²) < 4.78 is 47.5. The minimum absolute atomic E-state index is 0.0723. The fraction of sp³-hybridized carbons (Fsp3) is 0.560. The Morgan fingerprint density at radius 2 is 2.03 bits per heavy atom. The van der Waals surface area contributed by atoms with Crippen molar-refractivity contribution in [3.05, 3.63) is 42.0 Å². The highest BCUT2D eigenvalue weighted by Crippen LogP contribution is 2.32. The topological polar surface area (TPSA) is 108 Å². The molecule has 196 valence electrons. The lowest BCUT2D eigenvalue weighted by Gasteiger charge is -2.28. The summed E-state index contributed by atoms with van der Waals surface area (Å²) in [6.45, 7) is 8.03. The summed E-state index contributed by atoms with van der Waals surface area (Å²) in [6.07, 6.45) is 5.43. The van der Waals surface area contributed by atoms with Gasteiger partial charge in [-0.05, 0) is 43.4 Å². The summed E-state index contributed by atoms with van der Waals surface area (Å²) in [7, 11) is -3.99. The average Bonchev–Trinajstić information content (AvgIpc) is 3.49. The normalized spacial score (nSPS) is 15.4. The van der Waals surface area contributed by atoms with Crippen LogP contribution in [-0.4, -0.2) is 59.5 Å². The fourth-order valence-electron chi connectivity index (χ4n) is 4.42. The summed E-state index contributed by atoms with van der Waals surface area (Å²) in [5.74, 6) is 1.03. The number of aromatic nitrogens is 4. The van der Waals surface area contributed by atoms with E-state index in [2.05, 4.69) is 35.8 Å². The third-order valence-electron chi connectivity index (χ3n) is 6.93. The van der Waals surface area contributed by atoms with Gasteiger partial charge in [0.05, 0.1) is 28.5 Å². The monoisotopic (exact) mass is 519 g/mol. The number of alkyl halides is 1. The second-order valence-corrected chi connectivity index (χ2v) is 11.7. The predicted octanol–water partition coefficient (Wildman–Crippen LogP) is 3.21. The Morgan fingerprint density at radius 1 is 1.28 bits per heavy atom. The molecule has 1 aliphatic heterocycles. The van der Waals surface area contributed by atoms with Crippen LogP contribution in [0, 0.1) is 5.92 Å². The quantitative estimate of drug-likeness (QED) is 0.441. The molecule has 0 radical (unpaired) electrons. The third-order valence-corrected chi connectivity index (χ3v) is 8.47. The number of rotatable bonds is 10. The summed E-state index contributed by atoms with van der Waals surface area (Å²) in [5, 5.41) is 6.38. The van der Waals surface area contributed by atoms with Gasteiger partial charge in [0.2, 0.25) is 5.91 Å². The molecule has 36 heavy (non-hydrogen) atoms. The number of fused-ring (bicyclic) bond motifs is 1. The van der Waals surface area contributed by atoms with Crippen molar-refractivity contribution < 1.29 is 22.3 Å². The molecule has 4 rings (SSSR count). The Hall–Kier alpha value is -2.79. The van der Waals surface area contributed by atoms with Gasteiger partial charge in [0.1, 0.15) is 12.5 Å². The Kier molecular flexibility index (Phi) is 7.79. The standard InChI is InChI=1S/C25H34FN5O4S/c1-4-25(2,3)24-29-21-14-20(5-6-22(21)30(24)16-18-7-11-35-12-8-18)36(33,34)31-17-19(15-28-31)13-23(32)27-10-9-26/h5-6,14-15,17-18H,4,7-13,16H2,1-3H3,(H,27,32). The van der Waals surface area contributed by atoms with Crippen LogP contribution in [-0.2, 0) is 37.9 Å². The van der Waals surface area contributed by atoms with Crippen LogP contribution in [0.15, 0.2) is 35.5 Å². The van der Waals surface area contributed by atoms with E-state index in [4.69, 9.17) is 9.72 Å². The molecule has 0 spiro atoms. The van der Waals surface area contributed by atoms with Gasteiger partial charge in [-0.1, -0.05) is 20.8 Å². The molecule has 9 nitrogen and oxygen atoms in total. The zero-order valence-corrected chi connectivity index (χ0v) is 21.9. The summed E-state index contributed by atoms with van der Waals surface area (Å²) in [6, 6.07) is 4.99. The molecule has 1 amide bonds. The van der Waals surface area contributed by atoms with Crippen molar-refractivity contribution >= 4 is 27.0 Å². The SMILES string of the molecule is CCC(C)(C)c1nc2cc(S(=O)(=O)n3cc(CC(=O)NCCF)cn3)ccc2n1CC1CCOCC1. The van der Waals surface area contributed by atoms with E-state index in [0.717, 1.165) is 54.4 Å². The number of hydrogen-bond donors (Lipinski definition) is 1. The molecule has 0 saturated carbocycles. The number of carbonyl (C=O) groups is 1. The fourth-order valence-corrected chi connectivity index (χ4v) is 5.58. The first-order valence-corrected chi connectivity index (χ1v) is 13.8. The van der Waals surface area contributed by atoms with Gasteiger partial charge in [0.15, 0.2) is 0 Å². The van der Waals surface area contributed by atoms with Gasteiger partial charge < -0.3 is 14.6 Å². The zero-order valence-electron chi connectivity index (χ0n) is 21.0. The van der Waals surface area contributed by atoms with Gasteiger partial charge >= 0.3 is 0 Å². The van der Waals surface area contributed by atoms with Crippen molar-refractivity contribution in [1.82, 2.24) is 24.1 Å². The maximum Gasteiger partial charge on any atom is 0.283 e. The molecular formula is C25H34FN5O4S. The van der Waals surface area contributed by atoms with Crippen molar-refractivity contribution in [3.8, 4) is 0 Å². The summed E-state index contributed by atoms with van der Waals surface area (Å²) in [4.78, 5) is 16.8. The first kappa shape index (κ1) is 26.3. The molecule has 0 bridgehead atoms. The van der Waals surface area contributed by atoms with Crippen molar-refractivity contribution in [2.75, 3.05) is 26.4 Å². The van der Waals surface area contributed by atoms with Gasteiger partial charge in [0.25, 0.3) is 10.0 Å². The number of hydrogen-bond acceptors (Lipinski definition) is 6. The average molecular weight is 520 g/mol. The van der Waals surface area contributed by atoms with Crippen LogP contribution in [0.2, 0.25) is 0 Å². The lowest BCUT2D eigenvalue weighted by atomic mass is 9.89. The highest BCUT2D eigenvalue weighted by Gasteiger charge is 2.29. The van der Waals surface area contributed by atoms with E-state index in [1.807, 2.05) is 6.07 Å². The van der Waals surface area contributed by atoms with E-state index in [-0.39, 0.29) is 23.3 Å². The van der Waals surface area contributed by atoms with Crippen LogP contribution in [0.3, 0.4) is 0 Å². The molecule has 3 aromatic rings. The van der Waals surface area contributed by atoms with Crippen LogP contribution in [0.25, 0.3) is 11.0 Å². The second kappa shape index (κ2) is 10.7. The van der Waals surface area contributed by atoms with Gasteiger partial charge in [-0.25, -0.2) is 9.37 Å². The van der Waals surface area contributed by atoms with Crippen LogP contribution in [0.4, 0.5) is 4.39 Å². The largest absolute Gasteiger partial charge is 0.381 e. The van der Waals surface area contributed by atoms with E-state index in [1.165, 1.54) is 12.4 Å². The van der Waals surface area contributed by atoms with E-state index in [9.17, 15) is 17.6 Å². The van der Waals surface area contributed by atoms with E-state index in [1.54, 1.807) is 12.1 Å². The van der Waals surface area contributed by atoms with Crippen molar-refractivity contribution in [1.29, 1.82) is 0 Å². The first-order valence-electron chi connectivity index (χ1n) is 12.4. The molecule has 2 aromatic heterocycles. The molecular weight excluding hydrogens is 485 g/mol. The van der Waals surface area contributed by atoms with Crippen molar-refractivity contribution in [2.24, 2.45) is 5.92 Å². The third kappa shape index (κ3) is 5.46. The number of imidazole rings is 1. The highest BCUT2D eigenvalue weighted by molar-refractivity contribution is 7.89. The smallest absolute Gasteiger partial charge is 0.283 e. The number of carbonyl (C=O) groups excluding carboxylic acids is 1. The Morgan fingerprint density at radius 3 is 2.72 bits per heavy atom. The van der Waals surface area contributed by atoms with Crippen LogP contribution >= 0.6 is 0 Å². The summed E-state index contributed by atoms with van der Waals surface area (Å²) >= 11 is 0. The molecule has 1 N–H and O–H groups in total. The zero-order chi connectivity index (χ0) is 25.9.